The SMILES string of the molecule is O=C1CNC(=O)N1CCSCc1ccc(OC(F)(F)F)cc1. The van der Waals surface area contributed by atoms with Crippen LogP contribution in [0.5, 0.6) is 5.75 Å². The highest BCUT2D eigenvalue weighted by Crippen LogP contribution is 2.23. The van der Waals surface area contributed by atoms with Gasteiger partial charge in [0.25, 0.3) is 0 Å². The minimum absolute atomic E-state index is 0.0319. The zero-order valence-corrected chi connectivity index (χ0v) is 12.2. The second-order valence-corrected chi connectivity index (χ2v) is 5.55. The number of urea groups is 1. The van der Waals surface area contributed by atoms with E-state index in [1.54, 1.807) is 12.1 Å². The maximum Gasteiger partial charge on any atom is 0.573 e. The van der Waals surface area contributed by atoms with Gasteiger partial charge in [0.05, 0.1) is 6.54 Å². The Labute approximate surface area is 128 Å². The first kappa shape index (κ1) is 16.5. The van der Waals surface area contributed by atoms with Crippen molar-refractivity contribution in [2.75, 3.05) is 18.8 Å². The summed E-state index contributed by atoms with van der Waals surface area (Å²) < 4.78 is 39.8. The van der Waals surface area contributed by atoms with E-state index in [0.29, 0.717) is 18.1 Å². The maximum atomic E-state index is 12.0. The smallest absolute Gasteiger partial charge is 0.406 e. The lowest BCUT2D eigenvalue weighted by molar-refractivity contribution is -0.274. The standard InChI is InChI=1S/C13H13F3N2O3S/c14-13(15,16)21-10-3-1-9(2-4-10)8-22-6-5-18-11(19)7-17-12(18)20/h1-4H,5-8H2,(H,17,20). The third-order valence-electron chi connectivity index (χ3n) is 2.82. The normalized spacial score (nSPS) is 15.1. The van der Waals surface area contributed by atoms with Gasteiger partial charge in [-0.1, -0.05) is 12.1 Å². The van der Waals surface area contributed by atoms with Gasteiger partial charge in [-0.05, 0) is 17.7 Å². The quantitative estimate of drug-likeness (QED) is 0.641. The lowest BCUT2D eigenvalue weighted by Gasteiger charge is -2.12. The number of carbonyl (C=O) groups excluding carboxylic acids is 2. The number of imide groups is 1. The van der Waals surface area contributed by atoms with Crippen LogP contribution in [0.2, 0.25) is 0 Å². The fraction of sp³-hybridized carbons (Fsp3) is 0.385. The zero-order valence-electron chi connectivity index (χ0n) is 11.4. The molecule has 1 N–H and O–H groups in total. The molecular weight excluding hydrogens is 321 g/mol. The van der Waals surface area contributed by atoms with E-state index in [9.17, 15) is 22.8 Å². The van der Waals surface area contributed by atoms with E-state index in [4.69, 9.17) is 0 Å². The summed E-state index contributed by atoms with van der Waals surface area (Å²) in [5.74, 6) is 0.607. The highest BCUT2D eigenvalue weighted by atomic mass is 32.2. The van der Waals surface area contributed by atoms with E-state index in [1.807, 2.05) is 0 Å². The fourth-order valence-corrected chi connectivity index (χ4v) is 2.70. The van der Waals surface area contributed by atoms with Crippen LogP contribution in [0.25, 0.3) is 0 Å². The number of nitrogens with zero attached hydrogens (tertiary/aromatic N) is 1. The average molecular weight is 334 g/mol. The second-order valence-electron chi connectivity index (χ2n) is 4.45. The molecule has 1 aromatic rings. The highest BCUT2D eigenvalue weighted by Gasteiger charge is 2.31. The molecule has 0 spiro atoms. The Balaban J connectivity index is 1.73. The first-order chi connectivity index (χ1) is 10.3. The summed E-state index contributed by atoms with van der Waals surface area (Å²) in [6, 6.07) is 5.20. The van der Waals surface area contributed by atoms with Crippen LogP contribution in [0.1, 0.15) is 5.56 Å². The van der Waals surface area contributed by atoms with Gasteiger partial charge in [-0.25, -0.2) is 4.79 Å². The predicted octanol–water partition coefficient (Wildman–Crippen LogP) is 2.37. The van der Waals surface area contributed by atoms with Crippen molar-refractivity contribution in [3.63, 3.8) is 0 Å². The van der Waals surface area contributed by atoms with E-state index < -0.39 is 6.36 Å². The van der Waals surface area contributed by atoms with Crippen LogP contribution in [0.4, 0.5) is 18.0 Å². The number of carbonyl (C=O) groups is 2. The molecule has 3 amide bonds. The number of ether oxygens (including phenoxy) is 1. The molecule has 120 valence electrons. The van der Waals surface area contributed by atoms with Crippen molar-refractivity contribution in [2.45, 2.75) is 12.1 Å². The zero-order chi connectivity index (χ0) is 16.2. The number of halogens is 3. The van der Waals surface area contributed by atoms with Crippen molar-refractivity contribution in [3.05, 3.63) is 29.8 Å². The maximum absolute atomic E-state index is 12.0. The summed E-state index contributed by atoms with van der Waals surface area (Å²) >= 11 is 1.48. The molecule has 1 fully saturated rings. The minimum Gasteiger partial charge on any atom is -0.406 e. The molecule has 2 rings (SSSR count). The Hall–Kier alpha value is -1.90. The molecule has 0 aliphatic carbocycles. The first-order valence-corrected chi connectivity index (χ1v) is 7.51. The van der Waals surface area contributed by atoms with Crippen LogP contribution in [-0.4, -0.2) is 42.0 Å². The van der Waals surface area contributed by atoms with Crippen molar-refractivity contribution in [2.24, 2.45) is 0 Å². The molecule has 0 radical (unpaired) electrons. The lowest BCUT2D eigenvalue weighted by atomic mass is 10.2. The second kappa shape index (κ2) is 6.91. The predicted molar refractivity (Wildman–Crippen MR) is 74.4 cm³/mol. The molecule has 0 aromatic heterocycles. The summed E-state index contributed by atoms with van der Waals surface area (Å²) in [6.07, 6.45) is -4.70. The summed E-state index contributed by atoms with van der Waals surface area (Å²) in [5, 5.41) is 2.43. The molecule has 0 unspecified atom stereocenters. The van der Waals surface area contributed by atoms with Crippen LogP contribution >= 0.6 is 11.8 Å². The van der Waals surface area contributed by atoms with Gasteiger partial charge in [0, 0.05) is 18.1 Å². The molecular formula is C13H13F3N2O3S. The Kier molecular flexibility index (Phi) is 5.17. The Bertz CT molecular complexity index is 532. The number of amides is 3. The monoisotopic (exact) mass is 334 g/mol. The van der Waals surface area contributed by atoms with Crippen LogP contribution < -0.4 is 10.1 Å². The third-order valence-corrected chi connectivity index (χ3v) is 3.83. The van der Waals surface area contributed by atoms with E-state index in [1.165, 1.54) is 23.9 Å². The number of alkyl halides is 3. The van der Waals surface area contributed by atoms with Crippen LogP contribution in [0.15, 0.2) is 24.3 Å². The number of thioether (sulfide) groups is 1. The molecule has 0 bridgehead atoms. The van der Waals surface area contributed by atoms with Crippen molar-refractivity contribution < 1.29 is 27.5 Å². The lowest BCUT2D eigenvalue weighted by Crippen LogP contribution is -2.32. The Morgan fingerprint density at radius 2 is 1.91 bits per heavy atom. The average Bonchev–Trinajstić information content (AvgIpc) is 2.75. The fourth-order valence-electron chi connectivity index (χ4n) is 1.81. The summed E-state index contributed by atoms with van der Waals surface area (Å²) in [7, 11) is 0. The molecule has 1 aromatic carbocycles. The van der Waals surface area contributed by atoms with Gasteiger partial charge in [-0.15, -0.1) is 13.2 Å². The summed E-state index contributed by atoms with van der Waals surface area (Å²) in [6.45, 7) is 0.342. The van der Waals surface area contributed by atoms with Crippen molar-refractivity contribution >= 4 is 23.7 Å². The van der Waals surface area contributed by atoms with Gasteiger partial charge in [0.15, 0.2) is 0 Å². The van der Waals surface area contributed by atoms with Crippen LogP contribution in [0.3, 0.4) is 0 Å². The Morgan fingerprint density at radius 3 is 2.45 bits per heavy atom. The summed E-state index contributed by atoms with van der Waals surface area (Å²) in [4.78, 5) is 23.8. The first-order valence-electron chi connectivity index (χ1n) is 6.36. The molecule has 1 aliphatic rings. The molecule has 1 heterocycles. The van der Waals surface area contributed by atoms with Crippen molar-refractivity contribution in [3.8, 4) is 5.75 Å². The van der Waals surface area contributed by atoms with E-state index >= 15 is 0 Å². The number of nitrogens with one attached hydrogen (secondary N) is 1. The molecule has 1 aliphatic heterocycles. The van der Waals surface area contributed by atoms with E-state index in [2.05, 4.69) is 10.1 Å². The van der Waals surface area contributed by atoms with Crippen molar-refractivity contribution in [1.29, 1.82) is 0 Å². The van der Waals surface area contributed by atoms with Crippen LogP contribution in [-0.2, 0) is 10.5 Å². The van der Waals surface area contributed by atoms with Gasteiger partial charge in [-0.3, -0.25) is 9.69 Å². The van der Waals surface area contributed by atoms with Crippen LogP contribution in [0, 0.1) is 0 Å². The molecule has 1 saturated heterocycles. The third kappa shape index (κ3) is 4.83. The minimum atomic E-state index is -4.70. The number of rotatable bonds is 6. The molecule has 5 nitrogen and oxygen atoms in total. The molecule has 0 atom stereocenters. The molecule has 9 heteroatoms. The topological polar surface area (TPSA) is 58.6 Å². The van der Waals surface area contributed by atoms with E-state index in [0.717, 1.165) is 10.5 Å². The highest BCUT2D eigenvalue weighted by molar-refractivity contribution is 7.98. The number of hydrogen-bond acceptors (Lipinski definition) is 4. The van der Waals surface area contributed by atoms with Gasteiger partial charge >= 0.3 is 12.4 Å². The van der Waals surface area contributed by atoms with Gasteiger partial charge in [0.1, 0.15) is 5.75 Å². The van der Waals surface area contributed by atoms with Gasteiger partial charge in [-0.2, -0.15) is 11.8 Å². The number of hydrogen-bond donors (Lipinski definition) is 1. The molecule has 22 heavy (non-hydrogen) atoms. The van der Waals surface area contributed by atoms with Gasteiger partial charge < -0.3 is 10.1 Å². The largest absolute Gasteiger partial charge is 0.573 e. The molecule has 0 saturated carbocycles. The van der Waals surface area contributed by atoms with Gasteiger partial charge in [0.2, 0.25) is 5.91 Å². The Morgan fingerprint density at radius 1 is 1.23 bits per heavy atom. The van der Waals surface area contributed by atoms with Crippen molar-refractivity contribution in [1.82, 2.24) is 10.2 Å². The summed E-state index contributed by atoms with van der Waals surface area (Å²) in [5.41, 5.74) is 0.830. The number of benzene rings is 1. The van der Waals surface area contributed by atoms with E-state index in [-0.39, 0.29) is 24.2 Å².